The van der Waals surface area contributed by atoms with Gasteiger partial charge in [0.25, 0.3) is 0 Å². The van der Waals surface area contributed by atoms with Crippen molar-refractivity contribution in [3.8, 4) is 10.8 Å². The summed E-state index contributed by atoms with van der Waals surface area (Å²) in [7, 11) is 0. The number of alkyl halides is 2. The van der Waals surface area contributed by atoms with Gasteiger partial charge in [0.15, 0.2) is 5.16 Å². The Labute approximate surface area is 150 Å². The molecule has 0 N–H and O–H groups in total. The maximum absolute atomic E-state index is 13.5. The van der Waals surface area contributed by atoms with Crippen molar-refractivity contribution < 1.29 is 13.2 Å². The van der Waals surface area contributed by atoms with Crippen molar-refractivity contribution in [2.45, 2.75) is 24.4 Å². The Kier molecular flexibility index (Phi) is 4.30. The molecule has 0 radical (unpaired) electrons. The van der Waals surface area contributed by atoms with Crippen LogP contribution in [0.15, 0.2) is 51.4 Å². The molecule has 128 valence electrons. The van der Waals surface area contributed by atoms with Gasteiger partial charge in [-0.3, -0.25) is 4.57 Å². The summed E-state index contributed by atoms with van der Waals surface area (Å²) < 4.78 is 33.6. The van der Waals surface area contributed by atoms with Crippen LogP contribution in [-0.2, 0) is 5.75 Å². The van der Waals surface area contributed by atoms with Crippen molar-refractivity contribution >= 4 is 34.1 Å². The van der Waals surface area contributed by atoms with Crippen molar-refractivity contribution in [3.05, 3.63) is 53.2 Å². The SMILES string of the molecule is Cc1oc(-c2cccs2)nc1CSc1nc2ccccc2n1C(F)F. The first-order chi connectivity index (χ1) is 12.1. The molecule has 3 heterocycles. The molecule has 4 aromatic rings. The summed E-state index contributed by atoms with van der Waals surface area (Å²) in [6.07, 6.45) is 0. The van der Waals surface area contributed by atoms with Gasteiger partial charge in [0.1, 0.15) is 5.76 Å². The van der Waals surface area contributed by atoms with Crippen LogP contribution in [0.2, 0.25) is 0 Å². The molecule has 0 aliphatic heterocycles. The number of rotatable bonds is 5. The summed E-state index contributed by atoms with van der Waals surface area (Å²) in [6.45, 7) is -0.814. The van der Waals surface area contributed by atoms with Crippen LogP contribution < -0.4 is 0 Å². The first-order valence-electron chi connectivity index (χ1n) is 7.51. The van der Waals surface area contributed by atoms with Crippen LogP contribution in [0.5, 0.6) is 0 Å². The first kappa shape index (κ1) is 16.3. The second-order valence-corrected chi connectivity index (χ2v) is 7.21. The predicted molar refractivity (Wildman–Crippen MR) is 95.1 cm³/mol. The monoisotopic (exact) mass is 377 g/mol. The van der Waals surface area contributed by atoms with Gasteiger partial charge in [0.05, 0.1) is 21.6 Å². The van der Waals surface area contributed by atoms with Crippen LogP contribution in [0, 0.1) is 6.92 Å². The summed E-state index contributed by atoms with van der Waals surface area (Å²) in [6, 6.07) is 10.8. The second kappa shape index (κ2) is 6.61. The number of aromatic nitrogens is 3. The smallest absolute Gasteiger partial charge is 0.321 e. The molecule has 3 aromatic heterocycles. The van der Waals surface area contributed by atoms with E-state index in [1.54, 1.807) is 35.6 Å². The van der Waals surface area contributed by atoms with Crippen molar-refractivity contribution in [1.82, 2.24) is 14.5 Å². The number of benzene rings is 1. The minimum absolute atomic E-state index is 0.274. The third kappa shape index (κ3) is 3.07. The number of thiophene rings is 1. The Bertz CT molecular complexity index is 1010. The molecule has 4 rings (SSSR count). The van der Waals surface area contributed by atoms with E-state index in [0.29, 0.717) is 28.4 Å². The molecule has 0 atom stereocenters. The molecule has 0 aliphatic carbocycles. The Balaban J connectivity index is 1.62. The fourth-order valence-electron chi connectivity index (χ4n) is 2.51. The summed E-state index contributed by atoms with van der Waals surface area (Å²) in [4.78, 5) is 9.76. The molecule has 4 nitrogen and oxygen atoms in total. The topological polar surface area (TPSA) is 43.9 Å². The molecular formula is C17H13F2N3OS2. The second-order valence-electron chi connectivity index (χ2n) is 5.32. The number of hydrogen-bond donors (Lipinski definition) is 0. The minimum atomic E-state index is -2.64. The lowest BCUT2D eigenvalue weighted by molar-refractivity contribution is 0.0656. The Morgan fingerprint density at radius 2 is 2.04 bits per heavy atom. The van der Waals surface area contributed by atoms with E-state index in [1.165, 1.54) is 11.8 Å². The maximum Gasteiger partial charge on any atom is 0.321 e. The van der Waals surface area contributed by atoms with Crippen LogP contribution in [0.25, 0.3) is 21.8 Å². The largest absolute Gasteiger partial charge is 0.440 e. The number of thioether (sulfide) groups is 1. The van der Waals surface area contributed by atoms with E-state index in [0.717, 1.165) is 15.1 Å². The van der Waals surface area contributed by atoms with Crippen LogP contribution in [0.4, 0.5) is 8.78 Å². The number of oxazole rings is 1. The van der Waals surface area contributed by atoms with Gasteiger partial charge in [0.2, 0.25) is 5.89 Å². The molecule has 1 aromatic carbocycles. The predicted octanol–water partition coefficient (Wildman–Crippen LogP) is 5.75. The Hall–Kier alpha value is -2.19. The average molecular weight is 377 g/mol. The van der Waals surface area contributed by atoms with Gasteiger partial charge in [-0.25, -0.2) is 9.97 Å². The van der Waals surface area contributed by atoms with Crippen LogP contribution in [0.1, 0.15) is 18.0 Å². The molecule has 25 heavy (non-hydrogen) atoms. The van der Waals surface area contributed by atoms with Crippen molar-refractivity contribution in [1.29, 1.82) is 0 Å². The number of aryl methyl sites for hydroxylation is 1. The number of hydrogen-bond acceptors (Lipinski definition) is 5. The van der Waals surface area contributed by atoms with Gasteiger partial charge in [-0.15, -0.1) is 11.3 Å². The fourth-order valence-corrected chi connectivity index (χ4v) is 4.18. The van der Waals surface area contributed by atoms with E-state index >= 15 is 0 Å². The van der Waals surface area contributed by atoms with Crippen LogP contribution >= 0.6 is 23.1 Å². The molecule has 0 unspecified atom stereocenters. The van der Waals surface area contributed by atoms with E-state index in [-0.39, 0.29) is 5.16 Å². The highest BCUT2D eigenvalue weighted by Gasteiger charge is 2.19. The van der Waals surface area contributed by atoms with Crippen molar-refractivity contribution in [3.63, 3.8) is 0 Å². The summed E-state index contributed by atoms with van der Waals surface area (Å²) >= 11 is 2.77. The minimum Gasteiger partial charge on any atom is -0.440 e. The highest BCUT2D eigenvalue weighted by Crippen LogP contribution is 2.33. The molecule has 0 fully saturated rings. The first-order valence-corrected chi connectivity index (χ1v) is 9.38. The zero-order valence-electron chi connectivity index (χ0n) is 13.1. The van der Waals surface area contributed by atoms with Gasteiger partial charge in [-0.05, 0) is 30.5 Å². The standard InChI is InChI=1S/C17H13F2N3OS2/c1-10-12(20-15(23-10)14-7-4-8-24-14)9-25-17-21-11-5-2-3-6-13(11)22(17)16(18)19/h2-8,16H,9H2,1H3. The molecular weight excluding hydrogens is 364 g/mol. The molecule has 0 aliphatic rings. The highest BCUT2D eigenvalue weighted by atomic mass is 32.2. The lowest BCUT2D eigenvalue weighted by atomic mass is 10.3. The lowest BCUT2D eigenvalue weighted by Crippen LogP contribution is -2.00. The summed E-state index contributed by atoms with van der Waals surface area (Å²) in [5, 5.41) is 2.23. The van der Waals surface area contributed by atoms with E-state index < -0.39 is 6.55 Å². The van der Waals surface area contributed by atoms with Gasteiger partial charge in [-0.1, -0.05) is 30.0 Å². The number of nitrogens with zero attached hydrogens (tertiary/aromatic N) is 3. The normalized spacial score (nSPS) is 11.7. The van der Waals surface area contributed by atoms with Gasteiger partial charge in [-0.2, -0.15) is 8.78 Å². The van der Waals surface area contributed by atoms with Crippen molar-refractivity contribution in [2.24, 2.45) is 0 Å². The fraction of sp³-hybridized carbons (Fsp3) is 0.176. The van der Waals surface area contributed by atoms with Gasteiger partial charge >= 0.3 is 6.55 Å². The quantitative estimate of drug-likeness (QED) is 0.416. The lowest BCUT2D eigenvalue weighted by Gasteiger charge is -2.06. The highest BCUT2D eigenvalue weighted by molar-refractivity contribution is 7.98. The summed E-state index contributed by atoms with van der Waals surface area (Å²) in [5.41, 5.74) is 1.72. The molecule has 8 heteroatoms. The van der Waals surface area contributed by atoms with Gasteiger partial charge < -0.3 is 4.42 Å². The number of fused-ring (bicyclic) bond motifs is 1. The summed E-state index contributed by atoms with van der Waals surface area (Å²) in [5.74, 6) is 1.66. The molecule has 0 amide bonds. The molecule has 0 saturated heterocycles. The number of halogens is 2. The van der Waals surface area contributed by atoms with Crippen molar-refractivity contribution in [2.75, 3.05) is 0 Å². The van der Waals surface area contributed by atoms with Crippen LogP contribution in [0.3, 0.4) is 0 Å². The Morgan fingerprint density at radius 3 is 2.80 bits per heavy atom. The molecule has 0 spiro atoms. The van der Waals surface area contributed by atoms with E-state index in [4.69, 9.17) is 4.42 Å². The van der Waals surface area contributed by atoms with Gasteiger partial charge in [0, 0.05) is 5.75 Å². The third-order valence-corrected chi connectivity index (χ3v) is 5.54. The number of imidazole rings is 1. The van der Waals surface area contributed by atoms with E-state index in [9.17, 15) is 8.78 Å². The molecule has 0 saturated carbocycles. The van der Waals surface area contributed by atoms with E-state index in [2.05, 4.69) is 9.97 Å². The average Bonchev–Trinajstić information content (AvgIpc) is 3.30. The third-order valence-electron chi connectivity index (χ3n) is 3.72. The Morgan fingerprint density at radius 1 is 1.20 bits per heavy atom. The molecule has 0 bridgehead atoms. The maximum atomic E-state index is 13.5. The van der Waals surface area contributed by atoms with Crippen LogP contribution in [-0.4, -0.2) is 14.5 Å². The van der Waals surface area contributed by atoms with E-state index in [1.807, 2.05) is 24.4 Å². The zero-order chi connectivity index (χ0) is 17.4. The number of para-hydroxylation sites is 2. The zero-order valence-corrected chi connectivity index (χ0v) is 14.8.